The first kappa shape index (κ1) is 12.5. The molecule has 0 amide bonds. The van der Waals surface area contributed by atoms with Gasteiger partial charge >= 0.3 is 0 Å². The Labute approximate surface area is 113 Å². The Balaban J connectivity index is 1.91. The van der Waals surface area contributed by atoms with E-state index in [-0.39, 0.29) is 5.28 Å². The summed E-state index contributed by atoms with van der Waals surface area (Å²) >= 11 is 13.3. The van der Waals surface area contributed by atoms with Crippen LogP contribution in [0.15, 0.2) is 11.6 Å². The molecule has 0 fully saturated rings. The van der Waals surface area contributed by atoms with Crippen LogP contribution in [0.3, 0.4) is 0 Å². The van der Waals surface area contributed by atoms with E-state index in [4.69, 9.17) is 23.2 Å². The third-order valence-corrected chi connectivity index (χ3v) is 3.34. The highest BCUT2D eigenvalue weighted by molar-refractivity contribution is 7.09. The summed E-state index contributed by atoms with van der Waals surface area (Å²) in [5, 5.41) is 6.87. The zero-order chi connectivity index (χ0) is 12.3. The van der Waals surface area contributed by atoms with Gasteiger partial charge in [0.1, 0.15) is 10.8 Å². The van der Waals surface area contributed by atoms with Crippen LogP contribution in [0.2, 0.25) is 10.3 Å². The van der Waals surface area contributed by atoms with Gasteiger partial charge in [-0.25, -0.2) is 9.97 Å². The molecule has 4 nitrogen and oxygen atoms in total. The molecule has 2 aromatic heterocycles. The van der Waals surface area contributed by atoms with Crippen molar-refractivity contribution in [2.45, 2.75) is 13.3 Å². The van der Waals surface area contributed by atoms with Crippen molar-refractivity contribution in [1.29, 1.82) is 0 Å². The van der Waals surface area contributed by atoms with Gasteiger partial charge in [-0.1, -0.05) is 11.6 Å². The molecule has 2 heterocycles. The van der Waals surface area contributed by atoms with Gasteiger partial charge in [-0.05, 0) is 18.5 Å². The first-order valence-corrected chi connectivity index (χ1v) is 6.61. The standard InChI is InChI=1S/C10H10Cl2N4S/c1-6-15-7(5-17-6)2-3-13-9-8(11)4-14-10(12)16-9/h4-5H,2-3H2,1H3,(H,13,14,16). The molecule has 0 unspecified atom stereocenters. The summed E-state index contributed by atoms with van der Waals surface area (Å²) in [7, 11) is 0. The summed E-state index contributed by atoms with van der Waals surface area (Å²) < 4.78 is 0. The molecule has 0 aromatic carbocycles. The van der Waals surface area contributed by atoms with E-state index >= 15 is 0 Å². The van der Waals surface area contributed by atoms with Gasteiger partial charge in [0.25, 0.3) is 0 Å². The van der Waals surface area contributed by atoms with Gasteiger partial charge in [-0.3, -0.25) is 0 Å². The lowest BCUT2D eigenvalue weighted by Gasteiger charge is -2.05. The largest absolute Gasteiger partial charge is 0.368 e. The molecule has 0 saturated carbocycles. The summed E-state index contributed by atoms with van der Waals surface area (Å²) in [4.78, 5) is 12.2. The number of rotatable bonds is 4. The normalized spacial score (nSPS) is 10.5. The average Bonchev–Trinajstić information content (AvgIpc) is 2.69. The molecule has 7 heteroatoms. The molecule has 0 aliphatic carbocycles. The first-order valence-electron chi connectivity index (χ1n) is 4.98. The van der Waals surface area contributed by atoms with Crippen molar-refractivity contribution in [3.05, 3.63) is 32.6 Å². The first-order chi connectivity index (χ1) is 8.15. The maximum absolute atomic E-state index is 5.92. The number of halogens is 2. The predicted octanol–water partition coefficient (Wildman–Crippen LogP) is 3.20. The molecule has 0 spiro atoms. The Morgan fingerprint density at radius 1 is 1.35 bits per heavy atom. The fourth-order valence-electron chi connectivity index (χ4n) is 1.30. The summed E-state index contributed by atoms with van der Waals surface area (Å²) in [5.41, 5.74) is 1.07. The van der Waals surface area contributed by atoms with Gasteiger partial charge in [0.15, 0.2) is 0 Å². The van der Waals surface area contributed by atoms with E-state index in [2.05, 4.69) is 20.3 Å². The van der Waals surface area contributed by atoms with Crippen LogP contribution in [0.25, 0.3) is 0 Å². The van der Waals surface area contributed by atoms with E-state index in [0.29, 0.717) is 17.4 Å². The summed E-state index contributed by atoms with van der Waals surface area (Å²) in [6.45, 7) is 2.69. The van der Waals surface area contributed by atoms with Crippen LogP contribution in [0.1, 0.15) is 10.7 Å². The van der Waals surface area contributed by atoms with Gasteiger partial charge in [-0.2, -0.15) is 4.98 Å². The van der Waals surface area contributed by atoms with E-state index < -0.39 is 0 Å². The Hall–Kier alpha value is -0.910. The monoisotopic (exact) mass is 288 g/mol. The summed E-state index contributed by atoms with van der Waals surface area (Å²) in [5.74, 6) is 0.554. The Morgan fingerprint density at radius 3 is 2.88 bits per heavy atom. The van der Waals surface area contributed by atoms with Crippen molar-refractivity contribution < 1.29 is 0 Å². The number of nitrogens with zero attached hydrogens (tertiary/aromatic N) is 3. The van der Waals surface area contributed by atoms with Crippen LogP contribution < -0.4 is 5.32 Å². The molecule has 0 bridgehead atoms. The number of aryl methyl sites for hydroxylation is 1. The maximum atomic E-state index is 5.92. The number of aromatic nitrogens is 3. The topological polar surface area (TPSA) is 50.7 Å². The molecular formula is C10H10Cl2N4S. The van der Waals surface area contributed by atoms with E-state index in [0.717, 1.165) is 17.1 Å². The second kappa shape index (κ2) is 5.62. The highest BCUT2D eigenvalue weighted by Crippen LogP contribution is 2.19. The zero-order valence-corrected chi connectivity index (χ0v) is 11.4. The number of nitrogens with one attached hydrogen (secondary N) is 1. The second-order valence-electron chi connectivity index (χ2n) is 3.37. The highest BCUT2D eigenvalue weighted by Gasteiger charge is 2.04. The third-order valence-electron chi connectivity index (χ3n) is 2.05. The minimum absolute atomic E-state index is 0.182. The molecule has 0 radical (unpaired) electrons. The molecule has 2 aromatic rings. The molecular weight excluding hydrogens is 279 g/mol. The lowest BCUT2D eigenvalue weighted by molar-refractivity contribution is 0.957. The van der Waals surface area contributed by atoms with Crippen molar-refractivity contribution in [1.82, 2.24) is 15.0 Å². The van der Waals surface area contributed by atoms with E-state index in [1.165, 1.54) is 6.20 Å². The van der Waals surface area contributed by atoms with Gasteiger partial charge < -0.3 is 5.32 Å². The maximum Gasteiger partial charge on any atom is 0.224 e. The van der Waals surface area contributed by atoms with Crippen LogP contribution in [0.4, 0.5) is 5.82 Å². The molecule has 0 atom stereocenters. The third kappa shape index (κ3) is 3.52. The molecule has 17 heavy (non-hydrogen) atoms. The van der Waals surface area contributed by atoms with Crippen molar-refractivity contribution >= 4 is 40.4 Å². The van der Waals surface area contributed by atoms with Gasteiger partial charge in [-0.15, -0.1) is 11.3 Å². The molecule has 0 aliphatic heterocycles. The lowest BCUT2D eigenvalue weighted by Crippen LogP contribution is -2.07. The van der Waals surface area contributed by atoms with Crippen LogP contribution in [-0.2, 0) is 6.42 Å². The van der Waals surface area contributed by atoms with Crippen LogP contribution in [0, 0.1) is 6.92 Å². The molecule has 1 N–H and O–H groups in total. The SMILES string of the molecule is Cc1nc(CCNc2nc(Cl)ncc2Cl)cs1. The van der Waals surface area contributed by atoms with Gasteiger partial charge in [0, 0.05) is 18.3 Å². The van der Waals surface area contributed by atoms with Crippen LogP contribution >= 0.6 is 34.5 Å². The van der Waals surface area contributed by atoms with Crippen LogP contribution in [-0.4, -0.2) is 21.5 Å². The fraction of sp³-hybridized carbons (Fsp3) is 0.300. The number of thiazole rings is 1. The molecule has 2 rings (SSSR count). The predicted molar refractivity (Wildman–Crippen MR) is 71.1 cm³/mol. The smallest absolute Gasteiger partial charge is 0.224 e. The van der Waals surface area contributed by atoms with Crippen molar-refractivity contribution in [2.24, 2.45) is 0 Å². The van der Waals surface area contributed by atoms with Crippen molar-refractivity contribution in [3.8, 4) is 0 Å². The Kier molecular flexibility index (Phi) is 4.15. The summed E-state index contributed by atoms with van der Waals surface area (Å²) in [6, 6.07) is 0. The van der Waals surface area contributed by atoms with Crippen molar-refractivity contribution in [3.63, 3.8) is 0 Å². The quantitative estimate of drug-likeness (QED) is 0.878. The van der Waals surface area contributed by atoms with E-state index in [1.807, 2.05) is 12.3 Å². The second-order valence-corrected chi connectivity index (χ2v) is 5.18. The van der Waals surface area contributed by atoms with E-state index in [9.17, 15) is 0 Å². The number of hydrogen-bond donors (Lipinski definition) is 1. The molecule has 90 valence electrons. The lowest BCUT2D eigenvalue weighted by atomic mass is 10.3. The van der Waals surface area contributed by atoms with Crippen LogP contribution in [0.5, 0.6) is 0 Å². The fourth-order valence-corrected chi connectivity index (χ4v) is 2.24. The average molecular weight is 289 g/mol. The summed E-state index contributed by atoms with van der Waals surface area (Å²) in [6.07, 6.45) is 2.30. The van der Waals surface area contributed by atoms with Crippen molar-refractivity contribution in [2.75, 3.05) is 11.9 Å². The minimum atomic E-state index is 0.182. The number of hydrogen-bond acceptors (Lipinski definition) is 5. The Bertz CT molecular complexity index is 515. The zero-order valence-electron chi connectivity index (χ0n) is 9.07. The van der Waals surface area contributed by atoms with Gasteiger partial charge in [0.2, 0.25) is 5.28 Å². The Morgan fingerprint density at radius 2 is 2.18 bits per heavy atom. The molecule has 0 aliphatic rings. The number of anilines is 1. The minimum Gasteiger partial charge on any atom is -0.368 e. The van der Waals surface area contributed by atoms with E-state index in [1.54, 1.807) is 11.3 Å². The molecule has 0 saturated heterocycles. The highest BCUT2D eigenvalue weighted by atomic mass is 35.5. The van der Waals surface area contributed by atoms with Gasteiger partial charge in [0.05, 0.1) is 16.9 Å².